The van der Waals surface area contributed by atoms with Crippen LogP contribution < -0.4 is 21.7 Å². The van der Waals surface area contributed by atoms with Crippen LogP contribution in [0.25, 0.3) is 0 Å². The predicted octanol–water partition coefficient (Wildman–Crippen LogP) is 0.611. The van der Waals surface area contributed by atoms with E-state index in [1.807, 2.05) is 26.0 Å². The number of ether oxygens (including phenoxy) is 1. The van der Waals surface area contributed by atoms with Crippen molar-refractivity contribution >= 4 is 41.8 Å². The van der Waals surface area contributed by atoms with Crippen molar-refractivity contribution in [2.45, 2.75) is 20.4 Å². The van der Waals surface area contributed by atoms with Crippen molar-refractivity contribution in [3.8, 4) is 0 Å². The second-order valence-corrected chi connectivity index (χ2v) is 5.16. The lowest BCUT2D eigenvalue weighted by Gasteiger charge is -2.11. The fourth-order valence-electron chi connectivity index (χ4n) is 1.93. The number of aliphatic imine (C=N–C) groups is 1. The van der Waals surface area contributed by atoms with E-state index in [2.05, 4.69) is 20.9 Å². The zero-order chi connectivity index (χ0) is 18.5. The number of rotatable bonds is 10. The molecule has 5 N–H and O–H groups in total. The first kappa shape index (κ1) is 24.1. The SMILES string of the molecule is CCNC(=NCc1ccc(C(=O)NCC(N)=O)cc1)NCCOCC.I. The van der Waals surface area contributed by atoms with Crippen LogP contribution in [0.15, 0.2) is 29.3 Å². The van der Waals surface area contributed by atoms with E-state index in [9.17, 15) is 9.59 Å². The lowest BCUT2D eigenvalue weighted by Crippen LogP contribution is -2.39. The fourth-order valence-corrected chi connectivity index (χ4v) is 1.93. The summed E-state index contributed by atoms with van der Waals surface area (Å²) in [4.78, 5) is 27.0. The molecule has 2 amide bonds. The number of halogens is 1. The molecule has 0 bridgehead atoms. The quantitative estimate of drug-likeness (QED) is 0.171. The number of benzene rings is 1. The Morgan fingerprint density at radius 2 is 1.81 bits per heavy atom. The van der Waals surface area contributed by atoms with E-state index in [0.29, 0.717) is 37.8 Å². The van der Waals surface area contributed by atoms with Crippen LogP contribution in [0.1, 0.15) is 29.8 Å². The molecule has 0 radical (unpaired) electrons. The van der Waals surface area contributed by atoms with Gasteiger partial charge in [0.1, 0.15) is 0 Å². The molecule has 0 aliphatic heterocycles. The summed E-state index contributed by atoms with van der Waals surface area (Å²) in [5.41, 5.74) is 6.43. The number of nitrogens with two attached hydrogens (primary N) is 1. The van der Waals surface area contributed by atoms with Gasteiger partial charge >= 0.3 is 0 Å². The van der Waals surface area contributed by atoms with Gasteiger partial charge in [-0.05, 0) is 31.5 Å². The monoisotopic (exact) mass is 477 g/mol. The van der Waals surface area contributed by atoms with Gasteiger partial charge in [-0.3, -0.25) is 9.59 Å². The molecule has 0 aromatic heterocycles. The Labute approximate surface area is 171 Å². The van der Waals surface area contributed by atoms with Crippen LogP contribution in [-0.2, 0) is 16.1 Å². The van der Waals surface area contributed by atoms with Crippen molar-refractivity contribution in [3.05, 3.63) is 35.4 Å². The van der Waals surface area contributed by atoms with Gasteiger partial charge in [-0.25, -0.2) is 4.99 Å². The lowest BCUT2D eigenvalue weighted by molar-refractivity contribution is -0.117. The molecule has 0 fully saturated rings. The molecule has 0 aliphatic carbocycles. The van der Waals surface area contributed by atoms with Gasteiger partial charge in [0.25, 0.3) is 5.91 Å². The molecular formula is C17H28IN5O3. The van der Waals surface area contributed by atoms with E-state index in [0.717, 1.165) is 12.1 Å². The maximum atomic E-state index is 11.8. The van der Waals surface area contributed by atoms with Crippen LogP contribution in [0, 0.1) is 0 Å². The first-order chi connectivity index (χ1) is 12.1. The van der Waals surface area contributed by atoms with E-state index >= 15 is 0 Å². The molecule has 26 heavy (non-hydrogen) atoms. The molecular weight excluding hydrogens is 449 g/mol. The topological polar surface area (TPSA) is 118 Å². The summed E-state index contributed by atoms with van der Waals surface area (Å²) in [5, 5.41) is 8.80. The largest absolute Gasteiger partial charge is 0.380 e. The third-order valence-electron chi connectivity index (χ3n) is 3.15. The number of amides is 2. The molecule has 1 rings (SSSR count). The molecule has 0 spiro atoms. The fraction of sp³-hybridized carbons (Fsp3) is 0.471. The molecule has 1 aromatic rings. The Hall–Kier alpha value is -1.88. The number of carbonyl (C=O) groups excluding carboxylic acids is 2. The number of nitrogens with one attached hydrogen (secondary N) is 3. The standard InChI is InChI=1S/C17H27N5O3.HI/c1-3-19-17(20-9-10-25-4-2)22-11-13-5-7-14(8-6-13)16(24)21-12-15(18)23;/h5-8H,3-4,9-12H2,1-2H3,(H2,18,23)(H,21,24)(H2,19,20,22);1H. The van der Waals surface area contributed by atoms with Crippen molar-refractivity contribution in [1.29, 1.82) is 0 Å². The van der Waals surface area contributed by atoms with Crippen molar-refractivity contribution in [2.75, 3.05) is 32.8 Å². The number of hydrogen-bond donors (Lipinski definition) is 4. The van der Waals surface area contributed by atoms with Crippen molar-refractivity contribution in [3.63, 3.8) is 0 Å². The van der Waals surface area contributed by atoms with Gasteiger partial charge < -0.3 is 26.4 Å². The summed E-state index contributed by atoms with van der Waals surface area (Å²) in [6.07, 6.45) is 0. The van der Waals surface area contributed by atoms with E-state index in [1.54, 1.807) is 12.1 Å². The maximum absolute atomic E-state index is 11.8. The highest BCUT2D eigenvalue weighted by atomic mass is 127. The first-order valence-electron chi connectivity index (χ1n) is 8.32. The smallest absolute Gasteiger partial charge is 0.251 e. The van der Waals surface area contributed by atoms with Gasteiger partial charge in [-0.15, -0.1) is 24.0 Å². The minimum atomic E-state index is -0.577. The molecule has 9 heteroatoms. The van der Waals surface area contributed by atoms with Gasteiger partial charge in [0.05, 0.1) is 19.7 Å². The van der Waals surface area contributed by atoms with Gasteiger partial charge in [0, 0.05) is 25.3 Å². The minimum absolute atomic E-state index is 0. The van der Waals surface area contributed by atoms with Crippen LogP contribution in [0.4, 0.5) is 0 Å². The van der Waals surface area contributed by atoms with Crippen LogP contribution in [0.5, 0.6) is 0 Å². The second kappa shape index (κ2) is 14.3. The molecule has 0 saturated heterocycles. The van der Waals surface area contributed by atoms with E-state index in [4.69, 9.17) is 10.5 Å². The average molecular weight is 477 g/mol. The van der Waals surface area contributed by atoms with Crippen LogP contribution >= 0.6 is 24.0 Å². The summed E-state index contributed by atoms with van der Waals surface area (Å²) in [6.45, 7) is 7.01. The van der Waals surface area contributed by atoms with Crippen molar-refractivity contribution in [2.24, 2.45) is 10.7 Å². The van der Waals surface area contributed by atoms with Crippen LogP contribution in [0.2, 0.25) is 0 Å². The highest BCUT2D eigenvalue weighted by molar-refractivity contribution is 14.0. The Balaban J connectivity index is 0.00000625. The molecule has 0 atom stereocenters. The number of primary amides is 1. The summed E-state index contributed by atoms with van der Waals surface area (Å²) >= 11 is 0. The third kappa shape index (κ3) is 10.2. The van der Waals surface area contributed by atoms with Gasteiger partial charge in [-0.2, -0.15) is 0 Å². The molecule has 0 saturated carbocycles. The van der Waals surface area contributed by atoms with Crippen LogP contribution in [-0.4, -0.2) is 50.6 Å². The zero-order valence-corrected chi connectivity index (χ0v) is 17.5. The van der Waals surface area contributed by atoms with Gasteiger partial charge in [-0.1, -0.05) is 12.1 Å². The normalized spacial score (nSPS) is 10.6. The Morgan fingerprint density at radius 1 is 1.12 bits per heavy atom. The molecule has 146 valence electrons. The summed E-state index contributed by atoms with van der Waals surface area (Å²) in [6, 6.07) is 7.03. The van der Waals surface area contributed by atoms with Crippen molar-refractivity contribution < 1.29 is 14.3 Å². The van der Waals surface area contributed by atoms with Gasteiger partial charge in [0.15, 0.2) is 5.96 Å². The number of guanidine groups is 1. The second-order valence-electron chi connectivity index (χ2n) is 5.16. The summed E-state index contributed by atoms with van der Waals surface area (Å²) in [5.74, 6) is -0.197. The molecule has 0 unspecified atom stereocenters. The Kier molecular flexibility index (Phi) is 13.3. The highest BCUT2D eigenvalue weighted by Gasteiger charge is 2.06. The number of nitrogens with zero attached hydrogens (tertiary/aromatic N) is 1. The predicted molar refractivity (Wildman–Crippen MR) is 113 cm³/mol. The molecule has 8 nitrogen and oxygen atoms in total. The zero-order valence-electron chi connectivity index (χ0n) is 15.2. The molecule has 0 heterocycles. The Bertz CT molecular complexity index is 578. The average Bonchev–Trinajstić information content (AvgIpc) is 2.61. The number of hydrogen-bond acceptors (Lipinski definition) is 4. The van der Waals surface area contributed by atoms with Crippen LogP contribution in [0.3, 0.4) is 0 Å². The summed E-state index contributed by atoms with van der Waals surface area (Å²) < 4.78 is 5.28. The molecule has 1 aromatic carbocycles. The lowest BCUT2D eigenvalue weighted by atomic mass is 10.1. The summed E-state index contributed by atoms with van der Waals surface area (Å²) in [7, 11) is 0. The third-order valence-corrected chi connectivity index (χ3v) is 3.15. The molecule has 0 aliphatic rings. The van der Waals surface area contributed by atoms with E-state index < -0.39 is 5.91 Å². The van der Waals surface area contributed by atoms with E-state index in [1.165, 1.54) is 0 Å². The Morgan fingerprint density at radius 3 is 2.38 bits per heavy atom. The maximum Gasteiger partial charge on any atom is 0.251 e. The van der Waals surface area contributed by atoms with Crippen molar-refractivity contribution in [1.82, 2.24) is 16.0 Å². The highest BCUT2D eigenvalue weighted by Crippen LogP contribution is 2.05. The number of carbonyl (C=O) groups is 2. The van der Waals surface area contributed by atoms with E-state index in [-0.39, 0.29) is 36.4 Å². The first-order valence-corrected chi connectivity index (χ1v) is 8.32. The van der Waals surface area contributed by atoms with Gasteiger partial charge in [0.2, 0.25) is 5.91 Å². The minimum Gasteiger partial charge on any atom is -0.380 e.